The molecule has 0 aliphatic rings. The molecule has 16 heavy (non-hydrogen) atoms. The van der Waals surface area contributed by atoms with Gasteiger partial charge >= 0.3 is 6.18 Å². The summed E-state index contributed by atoms with van der Waals surface area (Å²) in [5.74, 6) is 0. The highest BCUT2D eigenvalue weighted by atomic mass is 19.4. The maximum Gasteiger partial charge on any atom is 0.411 e. The molecule has 0 radical (unpaired) electrons. The molecule has 0 aromatic carbocycles. The molecule has 0 unspecified atom stereocenters. The first-order valence-corrected chi connectivity index (χ1v) is 4.78. The van der Waals surface area contributed by atoms with E-state index in [4.69, 9.17) is 0 Å². The van der Waals surface area contributed by atoms with Gasteiger partial charge in [0, 0.05) is 19.3 Å². The fraction of sp³-hybridized carbons (Fsp3) is 0.500. The van der Waals surface area contributed by atoms with Gasteiger partial charge in [-0.2, -0.15) is 13.2 Å². The minimum Gasteiger partial charge on any atom is -0.372 e. The zero-order valence-electron chi connectivity index (χ0n) is 8.54. The third-order valence-electron chi connectivity index (χ3n) is 1.94. The molecule has 3 nitrogen and oxygen atoms in total. The lowest BCUT2D eigenvalue weighted by Gasteiger charge is -2.08. The van der Waals surface area contributed by atoms with Crippen molar-refractivity contribution in [1.82, 2.24) is 4.57 Å². The average Bonchev–Trinajstić information content (AvgIpc) is 2.63. The summed E-state index contributed by atoms with van der Waals surface area (Å²) >= 11 is 0. The van der Waals surface area contributed by atoms with Crippen LogP contribution < -0.4 is 0 Å². The SMILES string of the molecule is O=Cc1cccn1CCCOCC(F)(F)F. The van der Waals surface area contributed by atoms with Crippen LogP contribution in [0.1, 0.15) is 16.9 Å². The summed E-state index contributed by atoms with van der Waals surface area (Å²) in [6, 6.07) is 3.35. The largest absolute Gasteiger partial charge is 0.411 e. The Kier molecular flexibility index (Phi) is 4.54. The van der Waals surface area contributed by atoms with Gasteiger partial charge < -0.3 is 9.30 Å². The van der Waals surface area contributed by atoms with Crippen molar-refractivity contribution in [2.45, 2.75) is 19.1 Å². The van der Waals surface area contributed by atoms with Gasteiger partial charge in [0.25, 0.3) is 0 Å². The Labute approximate surface area is 90.8 Å². The minimum absolute atomic E-state index is 0.0238. The number of carbonyl (C=O) groups excluding carboxylic acids is 1. The van der Waals surface area contributed by atoms with Crippen molar-refractivity contribution in [2.75, 3.05) is 13.2 Å². The van der Waals surface area contributed by atoms with Gasteiger partial charge in [-0.1, -0.05) is 0 Å². The van der Waals surface area contributed by atoms with Gasteiger partial charge in [0.05, 0.1) is 5.69 Å². The summed E-state index contributed by atoms with van der Waals surface area (Å²) in [6.45, 7) is -0.728. The van der Waals surface area contributed by atoms with Crippen LogP contribution in [0.3, 0.4) is 0 Å². The van der Waals surface area contributed by atoms with Crippen LogP contribution in [0.2, 0.25) is 0 Å². The first kappa shape index (κ1) is 12.8. The Bertz CT molecular complexity index is 333. The molecule has 0 N–H and O–H groups in total. The fourth-order valence-corrected chi connectivity index (χ4v) is 1.26. The molecule has 0 spiro atoms. The number of aryl methyl sites for hydroxylation is 1. The number of hydrogen-bond acceptors (Lipinski definition) is 2. The highest BCUT2D eigenvalue weighted by Gasteiger charge is 2.27. The van der Waals surface area contributed by atoms with Gasteiger partial charge in [-0.25, -0.2) is 0 Å². The summed E-state index contributed by atoms with van der Waals surface area (Å²) in [5.41, 5.74) is 0.510. The molecular weight excluding hydrogens is 223 g/mol. The first-order valence-electron chi connectivity index (χ1n) is 4.78. The molecule has 0 aliphatic heterocycles. The van der Waals surface area contributed by atoms with Crippen molar-refractivity contribution in [3.8, 4) is 0 Å². The highest BCUT2D eigenvalue weighted by Crippen LogP contribution is 2.14. The van der Waals surface area contributed by atoms with E-state index in [0.29, 0.717) is 24.9 Å². The number of carbonyl (C=O) groups is 1. The third-order valence-corrected chi connectivity index (χ3v) is 1.94. The zero-order chi connectivity index (χ0) is 12.0. The Hall–Kier alpha value is -1.30. The van der Waals surface area contributed by atoms with Crippen molar-refractivity contribution < 1.29 is 22.7 Å². The van der Waals surface area contributed by atoms with Gasteiger partial charge in [0.2, 0.25) is 0 Å². The predicted octanol–water partition coefficient (Wildman–Crippen LogP) is 2.27. The quantitative estimate of drug-likeness (QED) is 0.559. The van der Waals surface area contributed by atoms with Gasteiger partial charge in [-0.15, -0.1) is 0 Å². The number of aromatic nitrogens is 1. The molecule has 0 aliphatic carbocycles. The van der Waals surface area contributed by atoms with Crippen molar-refractivity contribution in [1.29, 1.82) is 0 Å². The lowest BCUT2D eigenvalue weighted by Crippen LogP contribution is -2.17. The van der Waals surface area contributed by atoms with E-state index in [1.807, 2.05) is 0 Å². The monoisotopic (exact) mass is 235 g/mol. The standard InChI is InChI=1S/C10H12F3NO2/c11-10(12,13)8-16-6-2-5-14-4-1-3-9(14)7-15/h1,3-4,7H,2,5-6,8H2. The zero-order valence-corrected chi connectivity index (χ0v) is 8.54. The number of ether oxygens (including phenoxy) is 1. The number of nitrogens with zero attached hydrogens (tertiary/aromatic N) is 1. The smallest absolute Gasteiger partial charge is 0.372 e. The van der Waals surface area contributed by atoms with Crippen molar-refractivity contribution >= 4 is 6.29 Å². The van der Waals surface area contributed by atoms with Gasteiger partial charge in [-0.3, -0.25) is 4.79 Å². The van der Waals surface area contributed by atoms with Crippen LogP contribution in [-0.2, 0) is 11.3 Å². The van der Waals surface area contributed by atoms with Crippen LogP contribution in [0.5, 0.6) is 0 Å². The van der Waals surface area contributed by atoms with E-state index in [9.17, 15) is 18.0 Å². The number of rotatable bonds is 6. The van der Waals surface area contributed by atoms with Gasteiger partial charge in [0.15, 0.2) is 6.29 Å². The lowest BCUT2D eigenvalue weighted by molar-refractivity contribution is -0.174. The molecule has 0 amide bonds. The predicted molar refractivity (Wildman–Crippen MR) is 51.3 cm³/mol. The summed E-state index contributed by atoms with van der Waals surface area (Å²) in [5, 5.41) is 0. The lowest BCUT2D eigenvalue weighted by atomic mass is 10.4. The molecule has 0 fully saturated rings. The Morgan fingerprint density at radius 3 is 2.81 bits per heavy atom. The number of alkyl halides is 3. The van der Waals surface area contributed by atoms with E-state index in [2.05, 4.69) is 4.74 Å². The molecule has 1 aromatic rings. The second-order valence-corrected chi connectivity index (χ2v) is 3.27. The summed E-state index contributed by atoms with van der Waals surface area (Å²) in [4.78, 5) is 10.5. The van der Waals surface area contributed by atoms with Gasteiger partial charge in [0.1, 0.15) is 6.61 Å². The van der Waals surface area contributed by atoms with E-state index in [1.165, 1.54) is 0 Å². The average molecular weight is 235 g/mol. The number of aldehydes is 1. The van der Waals surface area contributed by atoms with Crippen LogP contribution in [0.4, 0.5) is 13.2 Å². The van der Waals surface area contributed by atoms with E-state index in [1.54, 1.807) is 22.9 Å². The van der Waals surface area contributed by atoms with Crippen LogP contribution in [-0.4, -0.2) is 30.2 Å². The Morgan fingerprint density at radius 2 is 2.19 bits per heavy atom. The molecule has 1 aromatic heterocycles. The molecule has 0 atom stereocenters. The molecule has 6 heteroatoms. The second-order valence-electron chi connectivity index (χ2n) is 3.27. The molecule has 1 rings (SSSR count). The summed E-state index contributed by atoms with van der Waals surface area (Å²) in [6.07, 6.45) is -1.43. The van der Waals surface area contributed by atoms with Gasteiger partial charge in [-0.05, 0) is 18.6 Å². The maximum absolute atomic E-state index is 11.7. The van der Waals surface area contributed by atoms with E-state index < -0.39 is 12.8 Å². The molecule has 90 valence electrons. The maximum atomic E-state index is 11.7. The second kappa shape index (κ2) is 5.69. The Balaban J connectivity index is 2.19. The van der Waals surface area contributed by atoms with Crippen molar-refractivity contribution in [2.24, 2.45) is 0 Å². The first-order chi connectivity index (χ1) is 7.53. The minimum atomic E-state index is -4.28. The van der Waals surface area contributed by atoms with E-state index >= 15 is 0 Å². The normalized spacial score (nSPS) is 11.7. The van der Waals surface area contributed by atoms with Crippen LogP contribution in [0, 0.1) is 0 Å². The summed E-state index contributed by atoms with van der Waals surface area (Å²) in [7, 11) is 0. The van der Waals surface area contributed by atoms with Crippen molar-refractivity contribution in [3.05, 3.63) is 24.0 Å². The molecule has 0 bridgehead atoms. The van der Waals surface area contributed by atoms with Crippen LogP contribution >= 0.6 is 0 Å². The van der Waals surface area contributed by atoms with Crippen molar-refractivity contribution in [3.63, 3.8) is 0 Å². The highest BCUT2D eigenvalue weighted by molar-refractivity contribution is 5.72. The van der Waals surface area contributed by atoms with Crippen LogP contribution in [0.25, 0.3) is 0 Å². The topological polar surface area (TPSA) is 31.2 Å². The molecule has 0 saturated carbocycles. The fourth-order valence-electron chi connectivity index (χ4n) is 1.26. The third kappa shape index (κ3) is 4.48. The van der Waals surface area contributed by atoms with E-state index in [0.717, 1.165) is 0 Å². The van der Waals surface area contributed by atoms with E-state index in [-0.39, 0.29) is 6.61 Å². The molecule has 1 heterocycles. The number of hydrogen-bond donors (Lipinski definition) is 0. The van der Waals surface area contributed by atoms with Crippen LogP contribution in [0.15, 0.2) is 18.3 Å². The molecular formula is C10H12F3NO2. The molecule has 0 saturated heterocycles. The summed E-state index contributed by atoms with van der Waals surface area (Å²) < 4.78 is 41.2. The number of halogens is 3. The Morgan fingerprint density at radius 1 is 1.44 bits per heavy atom.